The van der Waals surface area contributed by atoms with E-state index in [1.807, 2.05) is 0 Å². The fourth-order valence-electron chi connectivity index (χ4n) is 2.31. The van der Waals surface area contributed by atoms with Crippen LogP contribution in [-0.4, -0.2) is 30.1 Å². The molecule has 0 radical (unpaired) electrons. The van der Waals surface area contributed by atoms with Gasteiger partial charge in [-0.2, -0.15) is 0 Å². The van der Waals surface area contributed by atoms with Gasteiger partial charge in [-0.25, -0.2) is 4.98 Å². The lowest BCUT2D eigenvalue weighted by Crippen LogP contribution is -2.30. The molecule has 0 spiro atoms. The number of aromatic nitrogens is 1. The zero-order valence-corrected chi connectivity index (χ0v) is 11.1. The predicted octanol–water partition coefficient (Wildman–Crippen LogP) is 1.74. The van der Waals surface area contributed by atoms with Crippen molar-refractivity contribution in [3.63, 3.8) is 0 Å². The lowest BCUT2D eigenvalue weighted by molar-refractivity contribution is 0.0299. The van der Waals surface area contributed by atoms with Crippen LogP contribution < -0.4 is 11.1 Å². The number of hydrogen-bond acceptors (Lipinski definition) is 4. The number of carbonyl (C=O) groups is 1. The number of pyridine rings is 1. The van der Waals surface area contributed by atoms with Gasteiger partial charge in [0.2, 0.25) is 0 Å². The molecule has 1 aromatic heterocycles. The number of amides is 1. The van der Waals surface area contributed by atoms with Gasteiger partial charge < -0.3 is 15.8 Å². The molecule has 1 amide bonds. The number of rotatable bonds is 5. The Morgan fingerprint density at radius 2 is 2.21 bits per heavy atom. The number of carbonyl (C=O) groups excluding carboxylic acids is 1. The number of hydrogen-bond donors (Lipinski definition) is 2. The molecule has 1 aromatic rings. The highest BCUT2D eigenvalue weighted by atomic mass is 16.5. The first-order chi connectivity index (χ1) is 9.27. The van der Waals surface area contributed by atoms with Crippen LogP contribution in [0.5, 0.6) is 0 Å². The molecular weight excluding hydrogens is 242 g/mol. The third kappa shape index (κ3) is 4.21. The van der Waals surface area contributed by atoms with Crippen LogP contribution in [0.3, 0.4) is 0 Å². The molecule has 5 nitrogen and oxygen atoms in total. The number of nitrogens with zero attached hydrogens (tertiary/aromatic N) is 1. The van der Waals surface area contributed by atoms with Gasteiger partial charge in [-0.05, 0) is 25.0 Å². The first-order valence-electron chi connectivity index (χ1n) is 6.87. The standard InChI is InChI=1S/C14H21N3O2/c15-12-7-4-8-16-13(12)14(18)17-9-10-19-11-5-2-1-3-6-11/h4,7-8,11H,1-3,5-6,9-10,15H2,(H,17,18). The topological polar surface area (TPSA) is 77.2 Å². The van der Waals surface area contributed by atoms with Crippen molar-refractivity contribution in [2.24, 2.45) is 0 Å². The van der Waals surface area contributed by atoms with Crippen LogP contribution in [0.25, 0.3) is 0 Å². The predicted molar refractivity (Wildman–Crippen MR) is 73.8 cm³/mol. The van der Waals surface area contributed by atoms with Crippen LogP contribution in [0.15, 0.2) is 18.3 Å². The normalized spacial score (nSPS) is 16.2. The van der Waals surface area contributed by atoms with E-state index in [1.54, 1.807) is 18.3 Å². The Bertz CT molecular complexity index is 417. The maximum atomic E-state index is 11.8. The molecule has 0 bridgehead atoms. The fraction of sp³-hybridized carbons (Fsp3) is 0.571. The monoisotopic (exact) mass is 263 g/mol. The molecule has 0 aromatic carbocycles. The summed E-state index contributed by atoms with van der Waals surface area (Å²) in [5, 5.41) is 2.77. The lowest BCUT2D eigenvalue weighted by atomic mass is 9.98. The maximum absolute atomic E-state index is 11.8. The van der Waals surface area contributed by atoms with Crippen molar-refractivity contribution in [2.75, 3.05) is 18.9 Å². The number of ether oxygens (including phenoxy) is 1. The van der Waals surface area contributed by atoms with E-state index in [1.165, 1.54) is 19.3 Å². The average Bonchev–Trinajstić information content (AvgIpc) is 2.45. The van der Waals surface area contributed by atoms with E-state index in [-0.39, 0.29) is 11.6 Å². The summed E-state index contributed by atoms with van der Waals surface area (Å²) < 4.78 is 5.73. The highest BCUT2D eigenvalue weighted by Gasteiger charge is 2.14. The minimum Gasteiger partial charge on any atom is -0.397 e. The van der Waals surface area contributed by atoms with Gasteiger partial charge in [0.25, 0.3) is 5.91 Å². The molecule has 3 N–H and O–H groups in total. The quantitative estimate of drug-likeness (QED) is 0.793. The molecular formula is C14H21N3O2. The first kappa shape index (κ1) is 13.8. The lowest BCUT2D eigenvalue weighted by Gasteiger charge is -2.21. The van der Waals surface area contributed by atoms with Crippen LogP contribution in [0.4, 0.5) is 5.69 Å². The fourth-order valence-corrected chi connectivity index (χ4v) is 2.31. The minimum absolute atomic E-state index is 0.245. The number of nitrogens with two attached hydrogens (primary N) is 1. The third-order valence-corrected chi connectivity index (χ3v) is 3.35. The van der Waals surface area contributed by atoms with E-state index in [4.69, 9.17) is 10.5 Å². The van der Waals surface area contributed by atoms with E-state index in [2.05, 4.69) is 10.3 Å². The van der Waals surface area contributed by atoms with E-state index < -0.39 is 0 Å². The van der Waals surface area contributed by atoms with Crippen LogP contribution in [0, 0.1) is 0 Å². The molecule has 0 atom stereocenters. The number of anilines is 1. The highest BCUT2D eigenvalue weighted by Crippen LogP contribution is 2.19. The largest absolute Gasteiger partial charge is 0.397 e. The molecule has 1 saturated carbocycles. The third-order valence-electron chi connectivity index (χ3n) is 3.35. The number of nitrogens with one attached hydrogen (secondary N) is 1. The van der Waals surface area contributed by atoms with Crippen LogP contribution in [0.1, 0.15) is 42.6 Å². The van der Waals surface area contributed by atoms with Crippen LogP contribution >= 0.6 is 0 Å². The second-order valence-electron chi connectivity index (χ2n) is 4.83. The van der Waals surface area contributed by atoms with E-state index in [0.29, 0.717) is 24.9 Å². The van der Waals surface area contributed by atoms with Crippen molar-refractivity contribution in [1.82, 2.24) is 10.3 Å². The summed E-state index contributed by atoms with van der Waals surface area (Å²) in [4.78, 5) is 15.8. The number of nitrogen functional groups attached to an aromatic ring is 1. The summed E-state index contributed by atoms with van der Waals surface area (Å²) >= 11 is 0. The smallest absolute Gasteiger partial charge is 0.272 e. The Morgan fingerprint density at radius 3 is 2.95 bits per heavy atom. The van der Waals surface area contributed by atoms with Gasteiger partial charge in [0.05, 0.1) is 18.4 Å². The molecule has 1 fully saturated rings. The van der Waals surface area contributed by atoms with Crippen molar-refractivity contribution in [1.29, 1.82) is 0 Å². The molecule has 0 aliphatic heterocycles. The maximum Gasteiger partial charge on any atom is 0.272 e. The van der Waals surface area contributed by atoms with Gasteiger partial charge in [0.15, 0.2) is 5.69 Å². The van der Waals surface area contributed by atoms with Crippen molar-refractivity contribution < 1.29 is 9.53 Å². The Labute approximate surface area is 113 Å². The molecule has 104 valence electrons. The summed E-state index contributed by atoms with van der Waals surface area (Å²) in [6, 6.07) is 3.37. The second-order valence-corrected chi connectivity index (χ2v) is 4.83. The highest BCUT2D eigenvalue weighted by molar-refractivity contribution is 5.96. The first-order valence-corrected chi connectivity index (χ1v) is 6.87. The van der Waals surface area contributed by atoms with Gasteiger partial charge in [0, 0.05) is 12.7 Å². The van der Waals surface area contributed by atoms with Crippen molar-refractivity contribution >= 4 is 11.6 Å². The van der Waals surface area contributed by atoms with Crippen LogP contribution in [-0.2, 0) is 4.74 Å². The molecule has 2 rings (SSSR count). The molecule has 1 aliphatic rings. The summed E-state index contributed by atoms with van der Waals surface area (Å²) in [5.74, 6) is -0.245. The van der Waals surface area contributed by atoms with Gasteiger partial charge in [-0.1, -0.05) is 19.3 Å². The molecule has 1 aliphatic carbocycles. The SMILES string of the molecule is Nc1cccnc1C(=O)NCCOC1CCCCC1. The minimum atomic E-state index is -0.245. The molecule has 0 saturated heterocycles. The van der Waals surface area contributed by atoms with Crippen LogP contribution in [0.2, 0.25) is 0 Å². The molecule has 0 unspecified atom stereocenters. The zero-order valence-electron chi connectivity index (χ0n) is 11.1. The average molecular weight is 263 g/mol. The van der Waals surface area contributed by atoms with Gasteiger partial charge >= 0.3 is 0 Å². The second kappa shape index (κ2) is 7.09. The van der Waals surface area contributed by atoms with Crippen molar-refractivity contribution in [2.45, 2.75) is 38.2 Å². The Hall–Kier alpha value is -1.62. The van der Waals surface area contributed by atoms with Gasteiger partial charge in [0.1, 0.15) is 0 Å². The van der Waals surface area contributed by atoms with E-state index >= 15 is 0 Å². The molecule has 5 heteroatoms. The van der Waals surface area contributed by atoms with Crippen molar-refractivity contribution in [3.8, 4) is 0 Å². The zero-order chi connectivity index (χ0) is 13.5. The summed E-state index contributed by atoms with van der Waals surface area (Å²) in [6.45, 7) is 1.04. The van der Waals surface area contributed by atoms with E-state index in [0.717, 1.165) is 12.8 Å². The summed E-state index contributed by atoms with van der Waals surface area (Å²) in [7, 11) is 0. The summed E-state index contributed by atoms with van der Waals surface area (Å²) in [6.07, 6.45) is 8.02. The Balaban J connectivity index is 1.68. The summed E-state index contributed by atoms with van der Waals surface area (Å²) in [5.41, 5.74) is 6.36. The Kier molecular flexibility index (Phi) is 5.15. The molecule has 1 heterocycles. The van der Waals surface area contributed by atoms with E-state index in [9.17, 15) is 4.79 Å². The molecule has 19 heavy (non-hydrogen) atoms. The Morgan fingerprint density at radius 1 is 1.42 bits per heavy atom. The van der Waals surface area contributed by atoms with Crippen molar-refractivity contribution in [3.05, 3.63) is 24.0 Å². The van der Waals surface area contributed by atoms with Gasteiger partial charge in [-0.3, -0.25) is 4.79 Å². The van der Waals surface area contributed by atoms with Gasteiger partial charge in [-0.15, -0.1) is 0 Å².